The topological polar surface area (TPSA) is 153 Å². The van der Waals surface area contributed by atoms with Crippen LogP contribution in [0.25, 0.3) is 22.5 Å². The molecule has 188 valence electrons. The van der Waals surface area contributed by atoms with Gasteiger partial charge in [0.2, 0.25) is 16.0 Å². The van der Waals surface area contributed by atoms with Crippen molar-refractivity contribution in [1.29, 1.82) is 0 Å². The Morgan fingerprint density at radius 2 is 1.89 bits per heavy atom. The van der Waals surface area contributed by atoms with Gasteiger partial charge in [-0.25, -0.2) is 32.6 Å². The second-order valence-corrected chi connectivity index (χ2v) is 9.79. The summed E-state index contributed by atoms with van der Waals surface area (Å²) in [5.74, 6) is -0.991. The molecule has 0 aliphatic carbocycles. The molecular weight excluding hydrogens is 479 g/mol. The number of halogens is 1. The zero-order valence-electron chi connectivity index (χ0n) is 19.9. The van der Waals surface area contributed by atoms with E-state index in [0.29, 0.717) is 23.8 Å². The number of sulfonamides is 1. The molecule has 3 aromatic rings. The lowest BCUT2D eigenvalue weighted by Crippen LogP contribution is -2.37. The smallest absolute Gasteiger partial charge is 0.407 e. The Balaban J connectivity index is 1.98. The molecule has 3 heterocycles. The number of carbonyl (C=O) groups is 1. The Morgan fingerprint density at radius 3 is 2.54 bits per heavy atom. The van der Waals surface area contributed by atoms with E-state index in [1.807, 2.05) is 13.8 Å². The number of methoxy groups -OCH3 is 1. The van der Waals surface area contributed by atoms with Crippen LogP contribution in [0.2, 0.25) is 0 Å². The number of hydrogen-bond acceptors (Lipinski definition) is 9. The van der Waals surface area contributed by atoms with Crippen LogP contribution >= 0.6 is 0 Å². The number of pyridine rings is 1. The van der Waals surface area contributed by atoms with Crippen LogP contribution in [0.3, 0.4) is 0 Å². The van der Waals surface area contributed by atoms with Gasteiger partial charge >= 0.3 is 6.09 Å². The quantitative estimate of drug-likeness (QED) is 0.397. The van der Waals surface area contributed by atoms with Gasteiger partial charge in [-0.2, -0.15) is 5.10 Å². The van der Waals surface area contributed by atoms with Crippen LogP contribution in [-0.2, 0) is 14.8 Å². The van der Waals surface area contributed by atoms with Crippen molar-refractivity contribution in [3.05, 3.63) is 36.5 Å². The van der Waals surface area contributed by atoms with E-state index < -0.39 is 27.8 Å². The molecule has 3 rings (SSSR count). The van der Waals surface area contributed by atoms with Gasteiger partial charge in [-0.3, -0.25) is 9.40 Å². The van der Waals surface area contributed by atoms with Crippen molar-refractivity contribution in [2.45, 2.75) is 32.9 Å². The van der Waals surface area contributed by atoms with Gasteiger partial charge in [-0.1, -0.05) is 0 Å². The Morgan fingerprint density at radius 1 is 1.17 bits per heavy atom. The van der Waals surface area contributed by atoms with E-state index in [2.05, 4.69) is 40.1 Å². The molecule has 0 fully saturated rings. The molecule has 1 amide bonds. The number of aromatic nitrogens is 5. The van der Waals surface area contributed by atoms with Crippen LogP contribution in [0.15, 0.2) is 30.7 Å². The highest BCUT2D eigenvalue weighted by Crippen LogP contribution is 2.34. The Bertz CT molecular complexity index is 1310. The zero-order valence-corrected chi connectivity index (χ0v) is 20.7. The number of hydrogen-bond donors (Lipinski definition) is 3. The third kappa shape index (κ3) is 6.62. The van der Waals surface area contributed by atoms with Gasteiger partial charge < -0.3 is 15.4 Å². The number of anilines is 2. The Hall–Kier alpha value is -3.81. The number of nitrogens with zero attached hydrogens (tertiary/aromatic N) is 5. The van der Waals surface area contributed by atoms with E-state index in [1.54, 1.807) is 30.1 Å². The molecule has 14 heteroatoms. The van der Waals surface area contributed by atoms with Crippen molar-refractivity contribution < 1.29 is 22.3 Å². The van der Waals surface area contributed by atoms with E-state index >= 15 is 4.39 Å². The third-order valence-corrected chi connectivity index (χ3v) is 5.30. The molecule has 0 saturated heterocycles. The van der Waals surface area contributed by atoms with Crippen molar-refractivity contribution >= 4 is 27.9 Å². The minimum atomic E-state index is -3.74. The molecule has 0 aromatic carbocycles. The molecule has 0 aliphatic rings. The average Bonchev–Trinajstić information content (AvgIpc) is 3.24. The monoisotopic (exact) mass is 506 g/mol. The lowest BCUT2D eigenvalue weighted by Gasteiger charge is -2.14. The van der Waals surface area contributed by atoms with Gasteiger partial charge in [0, 0.05) is 48.3 Å². The van der Waals surface area contributed by atoms with Crippen LogP contribution < -0.4 is 15.4 Å². The van der Waals surface area contributed by atoms with Gasteiger partial charge in [-0.05, 0) is 32.9 Å². The van der Waals surface area contributed by atoms with Crippen LogP contribution in [0.5, 0.6) is 0 Å². The first kappa shape index (κ1) is 25.8. The molecule has 0 aliphatic heterocycles. The maximum absolute atomic E-state index is 15.3. The van der Waals surface area contributed by atoms with Crippen LogP contribution in [0.1, 0.15) is 26.8 Å². The molecule has 3 aromatic heterocycles. The fourth-order valence-corrected chi connectivity index (χ4v) is 3.56. The molecule has 35 heavy (non-hydrogen) atoms. The molecule has 0 bridgehead atoms. The predicted octanol–water partition coefficient (Wildman–Crippen LogP) is 2.65. The number of alkyl carbamates (subject to hydrolysis) is 1. The van der Waals surface area contributed by atoms with Crippen molar-refractivity contribution in [1.82, 2.24) is 30.0 Å². The summed E-state index contributed by atoms with van der Waals surface area (Å²) in [6.45, 7) is 5.95. The van der Waals surface area contributed by atoms with E-state index in [-0.39, 0.29) is 23.3 Å². The highest BCUT2D eigenvalue weighted by molar-refractivity contribution is 7.92. The summed E-state index contributed by atoms with van der Waals surface area (Å²) in [4.78, 5) is 23.9. The normalized spacial score (nSPS) is 12.3. The number of carbonyl (C=O) groups excluding carboxylic acids is 1. The fourth-order valence-electron chi connectivity index (χ4n) is 3.07. The van der Waals surface area contributed by atoms with E-state index in [4.69, 9.17) is 0 Å². The molecule has 0 radical (unpaired) electrons. The first-order valence-electron chi connectivity index (χ1n) is 10.6. The maximum Gasteiger partial charge on any atom is 0.407 e. The standard InChI is InChI=1S/C21H27FN8O4S/c1-12(2)30-11-15(16-7-9-24-20(27-16)25-10-13(3)26-21(31)34-4)18(28-30)14-6-8-23-19(17(14)22)29-35(5,32)33/h6-9,11-13H,10H2,1-5H3,(H,23,29)(H,26,31)(H,24,25,27). The Kier molecular flexibility index (Phi) is 7.84. The molecule has 12 nitrogen and oxygen atoms in total. The van der Waals surface area contributed by atoms with Gasteiger partial charge in [0.1, 0.15) is 5.69 Å². The lowest BCUT2D eigenvalue weighted by atomic mass is 10.1. The van der Waals surface area contributed by atoms with Crippen molar-refractivity contribution in [3.8, 4) is 22.5 Å². The zero-order chi connectivity index (χ0) is 25.8. The van der Waals surface area contributed by atoms with Gasteiger partial charge in [-0.15, -0.1) is 0 Å². The Labute approximate surface area is 202 Å². The van der Waals surface area contributed by atoms with E-state index in [1.165, 1.54) is 19.4 Å². The summed E-state index contributed by atoms with van der Waals surface area (Å²) in [6, 6.07) is 2.77. The summed E-state index contributed by atoms with van der Waals surface area (Å²) < 4.78 is 46.8. The first-order valence-corrected chi connectivity index (χ1v) is 12.5. The predicted molar refractivity (Wildman–Crippen MR) is 129 cm³/mol. The minimum Gasteiger partial charge on any atom is -0.453 e. The maximum atomic E-state index is 15.3. The highest BCUT2D eigenvalue weighted by Gasteiger charge is 2.22. The first-order chi connectivity index (χ1) is 16.5. The fraction of sp³-hybridized carbons (Fsp3) is 0.381. The lowest BCUT2D eigenvalue weighted by molar-refractivity contribution is 0.168. The van der Waals surface area contributed by atoms with Crippen molar-refractivity contribution in [2.24, 2.45) is 0 Å². The van der Waals surface area contributed by atoms with Crippen molar-refractivity contribution in [2.75, 3.05) is 29.9 Å². The summed E-state index contributed by atoms with van der Waals surface area (Å²) >= 11 is 0. The van der Waals surface area contributed by atoms with Gasteiger partial charge in [0.15, 0.2) is 11.6 Å². The van der Waals surface area contributed by atoms with E-state index in [0.717, 1.165) is 6.26 Å². The number of rotatable bonds is 9. The number of ether oxygens (including phenoxy) is 1. The summed E-state index contributed by atoms with van der Waals surface area (Å²) in [5.41, 5.74) is 1.30. The second-order valence-electron chi connectivity index (χ2n) is 8.04. The van der Waals surface area contributed by atoms with Gasteiger partial charge in [0.05, 0.1) is 19.1 Å². The molecule has 1 atom stereocenters. The third-order valence-electron chi connectivity index (χ3n) is 4.73. The minimum absolute atomic E-state index is 0.0364. The number of nitrogens with one attached hydrogen (secondary N) is 3. The largest absolute Gasteiger partial charge is 0.453 e. The van der Waals surface area contributed by atoms with Crippen LogP contribution in [0, 0.1) is 5.82 Å². The second kappa shape index (κ2) is 10.6. The summed E-state index contributed by atoms with van der Waals surface area (Å²) in [7, 11) is -2.46. The molecule has 0 saturated carbocycles. The van der Waals surface area contributed by atoms with Crippen LogP contribution in [0.4, 0.5) is 21.0 Å². The molecule has 0 spiro atoms. The van der Waals surface area contributed by atoms with Gasteiger partial charge in [0.25, 0.3) is 0 Å². The average molecular weight is 507 g/mol. The summed E-state index contributed by atoms with van der Waals surface area (Å²) in [5, 5.41) is 10.2. The number of amides is 1. The SMILES string of the molecule is COC(=O)NC(C)CNc1nccc(-c2cn(C(C)C)nc2-c2ccnc(NS(C)(=O)=O)c2F)n1. The van der Waals surface area contributed by atoms with Crippen molar-refractivity contribution in [3.63, 3.8) is 0 Å². The highest BCUT2D eigenvalue weighted by atomic mass is 32.2. The van der Waals surface area contributed by atoms with Crippen LogP contribution in [-0.4, -0.2) is 65.2 Å². The molecule has 3 N–H and O–H groups in total. The molecular formula is C21H27FN8O4S. The van der Waals surface area contributed by atoms with E-state index in [9.17, 15) is 13.2 Å². The molecule has 1 unspecified atom stereocenters. The summed E-state index contributed by atoms with van der Waals surface area (Å²) in [6.07, 6.45) is 4.93.